The monoisotopic (exact) mass is 435 g/mol. The number of rotatable bonds is 5. The molecule has 1 aromatic heterocycles. The minimum atomic E-state index is -0.578. The normalized spacial score (nSPS) is 12.4. The number of methoxy groups -OCH3 is 1. The quantitative estimate of drug-likeness (QED) is 0.344. The van der Waals surface area contributed by atoms with E-state index in [2.05, 4.69) is 4.98 Å². The van der Waals surface area contributed by atoms with Crippen LogP contribution in [0.5, 0.6) is 0 Å². The van der Waals surface area contributed by atoms with E-state index in [1.54, 1.807) is 23.1 Å². The molecule has 0 spiro atoms. The number of benzene rings is 2. The summed E-state index contributed by atoms with van der Waals surface area (Å²) in [5.74, 6) is -1.20. The predicted octanol–water partition coefficient (Wildman–Crippen LogP) is 3.67. The first-order valence-electron chi connectivity index (χ1n) is 9.74. The van der Waals surface area contributed by atoms with E-state index in [0.717, 1.165) is 11.1 Å². The van der Waals surface area contributed by atoms with Crippen molar-refractivity contribution in [3.63, 3.8) is 0 Å². The molecule has 4 rings (SSSR count). The Bertz CT molecular complexity index is 1230. The molecular weight excluding hydrogens is 417 g/mol. The average molecular weight is 435 g/mol. The summed E-state index contributed by atoms with van der Waals surface area (Å²) < 4.78 is 17.9. The molecule has 1 amide bonds. The maximum Gasteiger partial charge on any atom is 0.337 e. The van der Waals surface area contributed by atoms with Gasteiger partial charge in [-0.2, -0.15) is 0 Å². The second kappa shape index (κ2) is 8.54. The Morgan fingerprint density at radius 1 is 1.09 bits per heavy atom. The zero-order chi connectivity index (χ0) is 22.8. The third-order valence-corrected chi connectivity index (χ3v) is 5.31. The standard InChI is InChI=1S/C23H18FN3O5/c1-32-23(29)15-2-3-16-12-26(13-17(16)10-15)22(28)11-20-21(27(30)31)9-8-19(25-20)14-4-6-18(24)7-5-14/h2-10H,11-13H2,1H3. The number of halogens is 1. The van der Waals surface area contributed by atoms with Gasteiger partial charge in [-0.05, 0) is 53.6 Å². The number of nitrogens with zero attached hydrogens (tertiary/aromatic N) is 3. The van der Waals surface area contributed by atoms with E-state index < -0.39 is 16.7 Å². The summed E-state index contributed by atoms with van der Waals surface area (Å²) in [7, 11) is 1.30. The number of esters is 1. The van der Waals surface area contributed by atoms with Crippen LogP contribution in [0, 0.1) is 15.9 Å². The summed E-state index contributed by atoms with van der Waals surface area (Å²) in [4.78, 5) is 41.5. The number of ether oxygens (including phenoxy) is 1. The Kier molecular flexibility index (Phi) is 5.63. The second-order valence-corrected chi connectivity index (χ2v) is 7.33. The van der Waals surface area contributed by atoms with Crippen molar-refractivity contribution in [1.82, 2.24) is 9.88 Å². The number of amides is 1. The number of carbonyl (C=O) groups excluding carboxylic acids is 2. The Hall–Kier alpha value is -4.14. The van der Waals surface area contributed by atoms with Crippen LogP contribution in [0.1, 0.15) is 27.2 Å². The molecule has 0 bridgehead atoms. The number of hydrogen-bond donors (Lipinski definition) is 0. The summed E-state index contributed by atoms with van der Waals surface area (Å²) in [6.07, 6.45) is -0.261. The van der Waals surface area contributed by atoms with Gasteiger partial charge in [-0.15, -0.1) is 0 Å². The van der Waals surface area contributed by atoms with Crippen LogP contribution in [0.4, 0.5) is 10.1 Å². The molecule has 162 valence electrons. The molecule has 0 radical (unpaired) electrons. The lowest BCUT2D eigenvalue weighted by Gasteiger charge is -2.15. The van der Waals surface area contributed by atoms with Crippen LogP contribution in [-0.4, -0.2) is 33.8 Å². The van der Waals surface area contributed by atoms with Crippen LogP contribution in [0.3, 0.4) is 0 Å². The van der Waals surface area contributed by atoms with Gasteiger partial charge in [-0.3, -0.25) is 14.9 Å². The van der Waals surface area contributed by atoms with Gasteiger partial charge in [0.15, 0.2) is 0 Å². The minimum absolute atomic E-state index is 0.0352. The molecule has 0 fully saturated rings. The van der Waals surface area contributed by atoms with Crippen LogP contribution in [0.15, 0.2) is 54.6 Å². The molecule has 32 heavy (non-hydrogen) atoms. The first-order chi connectivity index (χ1) is 15.4. The number of carbonyl (C=O) groups is 2. The number of aromatic nitrogens is 1. The number of nitro groups is 1. The molecule has 2 aromatic carbocycles. The van der Waals surface area contributed by atoms with E-state index in [1.807, 2.05) is 0 Å². The fraction of sp³-hybridized carbons (Fsp3) is 0.174. The molecule has 0 aliphatic carbocycles. The van der Waals surface area contributed by atoms with Crippen molar-refractivity contribution < 1.29 is 23.6 Å². The van der Waals surface area contributed by atoms with Gasteiger partial charge in [0.25, 0.3) is 5.69 Å². The fourth-order valence-corrected chi connectivity index (χ4v) is 3.64. The molecule has 8 nitrogen and oxygen atoms in total. The first-order valence-corrected chi connectivity index (χ1v) is 9.74. The van der Waals surface area contributed by atoms with Crippen molar-refractivity contribution in [2.75, 3.05) is 7.11 Å². The third-order valence-electron chi connectivity index (χ3n) is 5.31. The summed E-state index contributed by atoms with van der Waals surface area (Å²) >= 11 is 0. The Labute approximate surface area is 182 Å². The van der Waals surface area contributed by atoms with E-state index in [9.17, 15) is 24.1 Å². The van der Waals surface area contributed by atoms with E-state index >= 15 is 0 Å². The van der Waals surface area contributed by atoms with Gasteiger partial charge in [0.2, 0.25) is 5.91 Å². The largest absolute Gasteiger partial charge is 0.465 e. The predicted molar refractivity (Wildman–Crippen MR) is 112 cm³/mol. The highest BCUT2D eigenvalue weighted by Crippen LogP contribution is 2.27. The van der Waals surface area contributed by atoms with Gasteiger partial charge in [-0.25, -0.2) is 14.2 Å². The van der Waals surface area contributed by atoms with Crippen molar-refractivity contribution in [1.29, 1.82) is 0 Å². The molecule has 0 unspecified atom stereocenters. The van der Waals surface area contributed by atoms with Crippen molar-refractivity contribution in [2.45, 2.75) is 19.5 Å². The summed E-state index contributed by atoms with van der Waals surface area (Å²) in [6.45, 7) is 0.617. The molecular formula is C23H18FN3O5. The molecule has 1 aliphatic rings. The number of hydrogen-bond acceptors (Lipinski definition) is 6. The maximum atomic E-state index is 13.2. The summed E-state index contributed by atoms with van der Waals surface area (Å²) in [5.41, 5.74) is 2.88. The van der Waals surface area contributed by atoms with Gasteiger partial charge in [-0.1, -0.05) is 6.07 Å². The lowest BCUT2D eigenvalue weighted by Crippen LogP contribution is -2.27. The van der Waals surface area contributed by atoms with E-state index in [0.29, 0.717) is 23.4 Å². The van der Waals surface area contributed by atoms with Gasteiger partial charge >= 0.3 is 5.97 Å². The highest BCUT2D eigenvalue weighted by atomic mass is 19.1. The van der Waals surface area contributed by atoms with Gasteiger partial charge in [0, 0.05) is 24.7 Å². The SMILES string of the molecule is COC(=O)c1ccc2c(c1)CN(C(=O)Cc1nc(-c3ccc(F)cc3)ccc1[N+](=O)[O-])C2. The first kappa shape index (κ1) is 21.1. The van der Waals surface area contributed by atoms with E-state index in [4.69, 9.17) is 4.74 Å². The number of pyridine rings is 1. The zero-order valence-corrected chi connectivity index (χ0v) is 17.1. The summed E-state index contributed by atoms with van der Waals surface area (Å²) in [5, 5.41) is 11.5. The molecule has 0 N–H and O–H groups in total. The van der Waals surface area contributed by atoms with E-state index in [-0.39, 0.29) is 30.3 Å². The molecule has 1 aliphatic heterocycles. The van der Waals surface area contributed by atoms with Crippen molar-refractivity contribution >= 4 is 17.6 Å². The molecule has 0 saturated heterocycles. The summed E-state index contributed by atoms with van der Waals surface area (Å²) in [6, 6.07) is 13.4. The van der Waals surface area contributed by atoms with Crippen molar-refractivity contribution in [3.05, 3.63) is 92.9 Å². The second-order valence-electron chi connectivity index (χ2n) is 7.33. The molecule has 0 atom stereocenters. The van der Waals surface area contributed by atoms with Gasteiger partial charge in [0.05, 0.1) is 29.7 Å². The molecule has 0 saturated carbocycles. The van der Waals surface area contributed by atoms with Crippen LogP contribution in [-0.2, 0) is 29.0 Å². The number of fused-ring (bicyclic) bond motifs is 1. The molecule has 2 heterocycles. The van der Waals surface area contributed by atoms with E-state index in [1.165, 1.54) is 43.5 Å². The Balaban J connectivity index is 1.57. The minimum Gasteiger partial charge on any atom is -0.465 e. The van der Waals surface area contributed by atoms with Crippen LogP contribution < -0.4 is 0 Å². The maximum absolute atomic E-state index is 13.2. The molecule has 3 aromatic rings. The Morgan fingerprint density at radius 2 is 1.81 bits per heavy atom. The highest BCUT2D eigenvalue weighted by Gasteiger charge is 2.27. The highest BCUT2D eigenvalue weighted by molar-refractivity contribution is 5.90. The zero-order valence-electron chi connectivity index (χ0n) is 17.1. The van der Waals surface area contributed by atoms with Crippen LogP contribution >= 0.6 is 0 Å². The lowest BCUT2D eigenvalue weighted by molar-refractivity contribution is -0.385. The van der Waals surface area contributed by atoms with Crippen molar-refractivity contribution in [2.24, 2.45) is 0 Å². The van der Waals surface area contributed by atoms with Gasteiger partial charge in [0.1, 0.15) is 11.5 Å². The topological polar surface area (TPSA) is 103 Å². The fourth-order valence-electron chi connectivity index (χ4n) is 3.64. The van der Waals surface area contributed by atoms with Crippen LogP contribution in [0.25, 0.3) is 11.3 Å². The van der Waals surface area contributed by atoms with Gasteiger partial charge < -0.3 is 9.64 Å². The van der Waals surface area contributed by atoms with Crippen molar-refractivity contribution in [3.8, 4) is 11.3 Å². The smallest absolute Gasteiger partial charge is 0.337 e. The van der Waals surface area contributed by atoms with Crippen LogP contribution in [0.2, 0.25) is 0 Å². The Morgan fingerprint density at radius 3 is 2.50 bits per heavy atom. The lowest BCUT2D eigenvalue weighted by atomic mass is 10.1. The third kappa shape index (κ3) is 4.18. The molecule has 9 heteroatoms. The average Bonchev–Trinajstić information content (AvgIpc) is 3.22.